The number of rotatable bonds is 2. The van der Waals surface area contributed by atoms with Gasteiger partial charge >= 0.3 is 5.69 Å². The third kappa shape index (κ3) is 2.55. The van der Waals surface area contributed by atoms with Crippen molar-refractivity contribution in [3.63, 3.8) is 0 Å². The standard InChI is InChI=1S/C18H16N2O7/c1-26-11-7-10-8-12(21)20(16(24)9-5-3-2-4-6-9)18(25)19(10)17-14(23)13(22)15(11)27-17/h2-8,13-15,17,22-23H,1H3/t13-,14+,15+,17+/m0/s1. The van der Waals surface area contributed by atoms with Gasteiger partial charge in [-0.2, -0.15) is 4.57 Å². The Kier molecular flexibility index (Phi) is 4.06. The summed E-state index contributed by atoms with van der Waals surface area (Å²) in [4.78, 5) is 38.2. The van der Waals surface area contributed by atoms with Gasteiger partial charge in [0.2, 0.25) is 0 Å². The van der Waals surface area contributed by atoms with Crippen LogP contribution in [0.1, 0.15) is 22.3 Å². The second kappa shape index (κ2) is 6.31. The first-order valence-corrected chi connectivity index (χ1v) is 8.19. The van der Waals surface area contributed by atoms with Crippen molar-refractivity contribution in [2.75, 3.05) is 7.11 Å². The van der Waals surface area contributed by atoms with E-state index in [2.05, 4.69) is 0 Å². The number of methoxy groups -OCH3 is 1. The molecule has 0 unspecified atom stereocenters. The van der Waals surface area contributed by atoms with Crippen LogP contribution in [0.5, 0.6) is 0 Å². The molecule has 0 saturated carbocycles. The molecule has 2 aliphatic rings. The number of carbonyl (C=O) groups is 1. The van der Waals surface area contributed by atoms with Crippen LogP contribution in [-0.2, 0) is 9.47 Å². The molecule has 140 valence electrons. The number of nitrogens with zero attached hydrogens (tertiary/aromatic N) is 2. The first-order valence-electron chi connectivity index (χ1n) is 8.19. The summed E-state index contributed by atoms with van der Waals surface area (Å²) in [6.07, 6.45) is -3.66. The molecular formula is C18H16N2O7. The molecule has 4 rings (SSSR count). The van der Waals surface area contributed by atoms with Crippen molar-refractivity contribution in [3.8, 4) is 0 Å². The van der Waals surface area contributed by atoms with Crippen LogP contribution in [0.4, 0.5) is 0 Å². The fourth-order valence-electron chi connectivity index (χ4n) is 3.35. The molecule has 0 spiro atoms. The highest BCUT2D eigenvalue weighted by atomic mass is 16.6. The van der Waals surface area contributed by atoms with E-state index in [1.807, 2.05) is 0 Å². The summed E-state index contributed by atoms with van der Waals surface area (Å²) >= 11 is 0. The van der Waals surface area contributed by atoms with Crippen LogP contribution in [0.3, 0.4) is 0 Å². The zero-order chi connectivity index (χ0) is 19.3. The summed E-state index contributed by atoms with van der Waals surface area (Å²) in [5.41, 5.74) is -1.53. The largest absolute Gasteiger partial charge is 0.498 e. The molecule has 3 heterocycles. The summed E-state index contributed by atoms with van der Waals surface area (Å²) in [5, 5.41) is 20.5. The molecule has 27 heavy (non-hydrogen) atoms. The molecule has 2 N–H and O–H groups in total. The van der Waals surface area contributed by atoms with Gasteiger partial charge in [0.25, 0.3) is 11.5 Å². The van der Waals surface area contributed by atoms with Gasteiger partial charge in [0.1, 0.15) is 24.1 Å². The lowest BCUT2D eigenvalue weighted by Crippen LogP contribution is -2.47. The maximum atomic E-state index is 13.0. The number of aliphatic hydroxyl groups excluding tert-OH is 2. The molecule has 1 saturated heterocycles. The van der Waals surface area contributed by atoms with E-state index in [0.29, 0.717) is 4.57 Å². The first kappa shape index (κ1) is 17.4. The van der Waals surface area contributed by atoms with Crippen molar-refractivity contribution in [2.24, 2.45) is 0 Å². The van der Waals surface area contributed by atoms with Crippen molar-refractivity contribution in [3.05, 3.63) is 74.3 Å². The third-order valence-electron chi connectivity index (χ3n) is 4.69. The van der Waals surface area contributed by atoms with Crippen molar-refractivity contribution >= 4 is 12.0 Å². The zero-order valence-electron chi connectivity index (χ0n) is 14.2. The molecule has 4 atom stereocenters. The Balaban J connectivity index is 1.95. The van der Waals surface area contributed by atoms with Crippen molar-refractivity contribution in [1.82, 2.24) is 9.13 Å². The minimum absolute atomic E-state index is 0.109. The molecule has 1 aromatic heterocycles. The van der Waals surface area contributed by atoms with Crippen LogP contribution in [0.15, 0.2) is 51.7 Å². The lowest BCUT2D eigenvalue weighted by atomic mass is 10.1. The molecule has 1 aromatic carbocycles. The molecule has 1 fully saturated rings. The minimum Gasteiger partial charge on any atom is -0.498 e. The van der Waals surface area contributed by atoms with Gasteiger partial charge in [-0.05, 0) is 12.1 Å². The molecule has 2 aromatic rings. The Bertz CT molecular complexity index is 1050. The van der Waals surface area contributed by atoms with Crippen LogP contribution in [0.2, 0.25) is 0 Å². The predicted molar refractivity (Wildman–Crippen MR) is 92.0 cm³/mol. The second-order valence-corrected chi connectivity index (χ2v) is 6.25. The molecule has 0 amide bonds. The van der Waals surface area contributed by atoms with E-state index in [1.54, 1.807) is 18.2 Å². The Hall–Kier alpha value is -3.01. The highest BCUT2D eigenvalue weighted by Gasteiger charge is 2.48. The smallest absolute Gasteiger partial charge is 0.340 e. The number of aliphatic hydroxyl groups is 2. The average molecular weight is 372 g/mol. The maximum absolute atomic E-state index is 13.0. The molecule has 9 heteroatoms. The van der Waals surface area contributed by atoms with Gasteiger partial charge in [0.15, 0.2) is 6.23 Å². The number of ether oxygens (including phenoxy) is 2. The van der Waals surface area contributed by atoms with Gasteiger partial charge in [0.05, 0.1) is 12.8 Å². The molecular weight excluding hydrogens is 356 g/mol. The van der Waals surface area contributed by atoms with E-state index in [0.717, 1.165) is 10.6 Å². The quantitative estimate of drug-likeness (QED) is 0.717. The van der Waals surface area contributed by atoms with Crippen LogP contribution in [0, 0.1) is 0 Å². The Morgan fingerprint density at radius 2 is 1.85 bits per heavy atom. The van der Waals surface area contributed by atoms with Crippen LogP contribution in [-0.4, -0.2) is 50.7 Å². The number of carbonyl (C=O) groups excluding carboxylic acids is 1. The molecule has 0 aliphatic carbocycles. The Morgan fingerprint density at radius 1 is 1.15 bits per heavy atom. The van der Waals surface area contributed by atoms with E-state index in [9.17, 15) is 24.6 Å². The minimum atomic E-state index is -1.44. The number of hydrogen-bond acceptors (Lipinski definition) is 7. The second-order valence-electron chi connectivity index (χ2n) is 6.25. The van der Waals surface area contributed by atoms with Crippen molar-refractivity contribution in [2.45, 2.75) is 24.5 Å². The highest BCUT2D eigenvalue weighted by Crippen LogP contribution is 2.36. The fourth-order valence-corrected chi connectivity index (χ4v) is 3.35. The number of benzene rings is 1. The van der Waals surface area contributed by atoms with E-state index < -0.39 is 41.7 Å². The highest BCUT2D eigenvalue weighted by molar-refractivity contribution is 5.95. The molecule has 2 aliphatic heterocycles. The van der Waals surface area contributed by atoms with E-state index in [4.69, 9.17) is 9.47 Å². The summed E-state index contributed by atoms with van der Waals surface area (Å²) in [6, 6.07) is 8.97. The topological polar surface area (TPSA) is 120 Å². The number of hydrogen-bond donors (Lipinski definition) is 2. The van der Waals surface area contributed by atoms with Gasteiger partial charge in [0, 0.05) is 17.7 Å². The number of aromatic nitrogens is 2. The van der Waals surface area contributed by atoms with Gasteiger partial charge in [-0.1, -0.05) is 18.2 Å². The van der Waals surface area contributed by atoms with E-state index in [-0.39, 0.29) is 17.0 Å². The van der Waals surface area contributed by atoms with Gasteiger partial charge < -0.3 is 19.7 Å². The predicted octanol–water partition coefficient (Wildman–Crippen LogP) is -0.681. The normalized spacial score (nSPS) is 26.1. The van der Waals surface area contributed by atoms with Gasteiger partial charge in [-0.3, -0.25) is 14.2 Å². The summed E-state index contributed by atoms with van der Waals surface area (Å²) in [6.45, 7) is 0. The van der Waals surface area contributed by atoms with Gasteiger partial charge in [-0.25, -0.2) is 4.79 Å². The van der Waals surface area contributed by atoms with Crippen molar-refractivity contribution in [1.29, 1.82) is 0 Å². The lowest BCUT2D eigenvalue weighted by Gasteiger charge is -2.21. The molecule has 9 nitrogen and oxygen atoms in total. The summed E-state index contributed by atoms with van der Waals surface area (Å²) in [7, 11) is 1.34. The zero-order valence-corrected chi connectivity index (χ0v) is 14.2. The van der Waals surface area contributed by atoms with Crippen molar-refractivity contribution < 1.29 is 24.5 Å². The molecule has 2 bridgehead atoms. The van der Waals surface area contributed by atoms with E-state index >= 15 is 0 Å². The van der Waals surface area contributed by atoms with E-state index in [1.165, 1.54) is 25.3 Å². The Morgan fingerprint density at radius 3 is 2.52 bits per heavy atom. The fraction of sp³-hybridized carbons (Fsp3) is 0.278. The average Bonchev–Trinajstić information content (AvgIpc) is 2.86. The first-order chi connectivity index (χ1) is 12.9. The monoisotopic (exact) mass is 372 g/mol. The lowest BCUT2D eigenvalue weighted by molar-refractivity contribution is -0.0388. The number of fused-ring (bicyclic) bond motifs is 4. The summed E-state index contributed by atoms with van der Waals surface area (Å²) in [5.74, 6) is -0.646. The van der Waals surface area contributed by atoms with Crippen LogP contribution >= 0.6 is 0 Å². The van der Waals surface area contributed by atoms with Crippen LogP contribution < -0.4 is 11.2 Å². The van der Waals surface area contributed by atoms with Crippen LogP contribution in [0.25, 0.3) is 6.08 Å². The van der Waals surface area contributed by atoms with Gasteiger partial charge in [-0.15, -0.1) is 0 Å². The third-order valence-corrected chi connectivity index (χ3v) is 4.69. The molecule has 0 radical (unpaired) electrons. The Labute approximate surface area is 152 Å². The summed E-state index contributed by atoms with van der Waals surface area (Å²) < 4.78 is 12.2. The SMILES string of the molecule is COC1=Cc2cc(=O)n(C(=O)c3ccccc3)c(=O)n2[C@@H]2O[C@H]1[C@@H](O)[C@H]2O. The maximum Gasteiger partial charge on any atom is 0.340 e.